The van der Waals surface area contributed by atoms with E-state index >= 15 is 0 Å². The maximum absolute atomic E-state index is 5.76. The van der Waals surface area contributed by atoms with Crippen molar-refractivity contribution in [2.75, 3.05) is 27.2 Å². The molecule has 1 aromatic heterocycles. The molecule has 0 unspecified atom stereocenters. The lowest BCUT2D eigenvalue weighted by atomic mass is 10.3. The minimum atomic E-state index is 0. The number of amidine groups is 1. The first-order valence-corrected chi connectivity index (χ1v) is 5.54. The van der Waals surface area contributed by atoms with Gasteiger partial charge in [0.2, 0.25) is 0 Å². The highest BCUT2D eigenvalue weighted by molar-refractivity contribution is 5.75. The van der Waals surface area contributed by atoms with Crippen molar-refractivity contribution in [3.05, 3.63) is 24.3 Å². The molecule has 6 heteroatoms. The van der Waals surface area contributed by atoms with Crippen molar-refractivity contribution in [1.82, 2.24) is 20.1 Å². The Morgan fingerprint density at radius 2 is 2.11 bits per heavy atom. The molecule has 18 heavy (non-hydrogen) atoms. The predicted molar refractivity (Wildman–Crippen MR) is 69.5 cm³/mol. The van der Waals surface area contributed by atoms with Gasteiger partial charge in [-0.2, -0.15) is 0 Å². The minimum absolute atomic E-state index is 0. The Hall–Kier alpha value is -2.11. The second kappa shape index (κ2) is 4.64. The highest BCUT2D eigenvalue weighted by Gasteiger charge is 2.28. The summed E-state index contributed by atoms with van der Waals surface area (Å²) < 4.78 is 2.05. The van der Waals surface area contributed by atoms with Gasteiger partial charge in [-0.05, 0) is 17.3 Å². The quantitative estimate of drug-likeness (QED) is 0.687. The number of fused-ring (bicyclic) bond motifs is 1. The van der Waals surface area contributed by atoms with Crippen molar-refractivity contribution in [1.29, 1.82) is 0 Å². The van der Waals surface area contributed by atoms with Crippen molar-refractivity contribution in [2.24, 2.45) is 0 Å². The van der Waals surface area contributed by atoms with Crippen LogP contribution in [-0.2, 0) is 0 Å². The zero-order valence-corrected chi connectivity index (χ0v) is 9.87. The topological polar surface area (TPSA) is 46.2 Å². The first-order valence-electron chi connectivity index (χ1n) is 5.54. The number of para-hydroxylation sites is 1. The van der Waals surface area contributed by atoms with Gasteiger partial charge in [0.1, 0.15) is 24.1 Å². The van der Waals surface area contributed by atoms with Crippen LogP contribution in [0.15, 0.2) is 24.3 Å². The summed E-state index contributed by atoms with van der Waals surface area (Å²) in [5.74, 6) is 0. The van der Waals surface area contributed by atoms with E-state index in [9.17, 15) is 0 Å². The Bertz CT molecular complexity index is 589. The summed E-state index contributed by atoms with van der Waals surface area (Å²) in [5, 5.41) is 8.05. The van der Waals surface area contributed by atoms with Crippen LogP contribution in [0.1, 0.15) is 7.43 Å². The zero-order valence-electron chi connectivity index (χ0n) is 9.87. The first-order chi connectivity index (χ1) is 8.25. The van der Waals surface area contributed by atoms with E-state index in [2.05, 4.69) is 19.8 Å². The number of likely N-dealkylation sites (N-methyl/N-ethyl adjacent to an activating group) is 2. The molecule has 0 N–H and O–H groups in total. The van der Waals surface area contributed by atoms with E-state index in [1.54, 1.807) is 0 Å². The van der Waals surface area contributed by atoms with Gasteiger partial charge in [0, 0.05) is 0 Å². The number of hydrogen-bond donors (Lipinski definition) is 0. The summed E-state index contributed by atoms with van der Waals surface area (Å²) in [4.78, 5) is 9.28. The van der Waals surface area contributed by atoms with Crippen LogP contribution in [0, 0.1) is 0 Å². The van der Waals surface area contributed by atoms with Crippen LogP contribution in [0.25, 0.3) is 11.0 Å². The second-order valence-electron chi connectivity index (χ2n) is 4.17. The fourth-order valence-corrected chi connectivity index (χ4v) is 1.91. The van der Waals surface area contributed by atoms with Crippen molar-refractivity contribution >= 4 is 17.1 Å². The number of benzene rings is 1. The van der Waals surface area contributed by atoms with Crippen LogP contribution >= 0.6 is 0 Å². The van der Waals surface area contributed by atoms with Crippen LogP contribution in [0.3, 0.4) is 0 Å². The van der Waals surface area contributed by atoms with Gasteiger partial charge in [-0.1, -0.05) is 24.4 Å². The van der Waals surface area contributed by atoms with Gasteiger partial charge in [0.15, 0.2) is 0 Å². The molecule has 0 bridgehead atoms. The molecule has 0 spiro atoms. The minimum Gasteiger partial charge on any atom is -0.278 e. The average Bonchev–Trinajstić information content (AvgIpc) is 2.88. The van der Waals surface area contributed by atoms with Crippen LogP contribution in [0.4, 0.5) is 0 Å². The smallest absolute Gasteiger partial charge is 0.278 e. The highest BCUT2D eigenvalue weighted by Crippen LogP contribution is 2.08. The summed E-state index contributed by atoms with van der Waals surface area (Å²) >= 11 is 0. The van der Waals surface area contributed by atoms with Crippen LogP contribution in [0.5, 0.6) is 0 Å². The van der Waals surface area contributed by atoms with Crippen molar-refractivity contribution in [2.45, 2.75) is 7.43 Å². The number of aromatic nitrogens is 3. The third kappa shape index (κ3) is 1.90. The molecule has 0 saturated heterocycles. The Morgan fingerprint density at radius 1 is 1.33 bits per heavy atom. The van der Waals surface area contributed by atoms with Gasteiger partial charge < -0.3 is 0 Å². The molecule has 1 aliphatic rings. The maximum Gasteiger partial charge on any atom is 0.472 e. The summed E-state index contributed by atoms with van der Waals surface area (Å²) in [6.07, 6.45) is 0. The van der Waals surface area contributed by atoms with Crippen LogP contribution in [-0.4, -0.2) is 57.8 Å². The van der Waals surface area contributed by atoms with E-state index in [0.29, 0.717) is 0 Å². The molecule has 0 amide bonds. The molecule has 2 heterocycles. The Labute approximate surface area is 106 Å². The lowest BCUT2D eigenvalue weighted by Gasteiger charge is -2.06. The first kappa shape index (κ1) is 12.3. The lowest BCUT2D eigenvalue weighted by molar-refractivity contribution is -0.495. The summed E-state index contributed by atoms with van der Waals surface area (Å²) in [5.41, 5.74) is 1.70. The highest BCUT2D eigenvalue weighted by atomic mass is 16.7. The molecule has 0 saturated carbocycles. The molecule has 0 fully saturated rings. The van der Waals surface area contributed by atoms with Crippen molar-refractivity contribution in [3.63, 3.8) is 0 Å². The van der Waals surface area contributed by atoms with Gasteiger partial charge in [-0.3, -0.25) is 4.84 Å². The van der Waals surface area contributed by atoms with E-state index in [1.165, 1.54) is 4.85 Å². The zero-order chi connectivity index (χ0) is 11.8. The summed E-state index contributed by atoms with van der Waals surface area (Å²) in [7, 11) is 4.00. The van der Waals surface area contributed by atoms with E-state index < -0.39 is 0 Å². The molecule has 1 aromatic carbocycles. The van der Waals surface area contributed by atoms with Gasteiger partial charge in [-0.15, -0.1) is 5.10 Å². The summed E-state index contributed by atoms with van der Waals surface area (Å²) in [6, 6.07) is 8.51. The van der Waals surface area contributed by atoms with E-state index in [-0.39, 0.29) is 7.43 Å². The van der Waals surface area contributed by atoms with E-state index in [0.717, 1.165) is 30.1 Å². The average molecular weight is 248 g/mol. The molecule has 2 aromatic rings. The van der Waals surface area contributed by atoms with E-state index in [1.807, 2.05) is 38.4 Å². The third-order valence-corrected chi connectivity index (χ3v) is 2.91. The maximum atomic E-state index is 5.76. The molecule has 0 aliphatic carbocycles. The van der Waals surface area contributed by atoms with Gasteiger partial charge >= 0.3 is 6.02 Å². The SMILES string of the molecule is C.CN1CC[N+](C)=C1On1nnc2ccccc21. The molecule has 0 radical (unpaired) electrons. The van der Waals surface area contributed by atoms with Gasteiger partial charge in [0.05, 0.1) is 14.1 Å². The van der Waals surface area contributed by atoms with Crippen LogP contribution < -0.4 is 4.84 Å². The van der Waals surface area contributed by atoms with Gasteiger partial charge in [0.25, 0.3) is 0 Å². The van der Waals surface area contributed by atoms with E-state index in [4.69, 9.17) is 4.84 Å². The Morgan fingerprint density at radius 3 is 2.83 bits per heavy atom. The molecule has 96 valence electrons. The largest absolute Gasteiger partial charge is 0.472 e. The number of hydrogen-bond acceptors (Lipinski definition) is 4. The molecule has 3 rings (SSSR count). The predicted octanol–water partition coefficient (Wildman–Crippen LogP) is 0.440. The number of rotatable bonds is 1. The molecule has 0 atom stereocenters. The third-order valence-electron chi connectivity index (χ3n) is 2.91. The Kier molecular flexibility index (Phi) is 3.18. The lowest BCUT2D eigenvalue weighted by Crippen LogP contribution is -2.35. The monoisotopic (exact) mass is 248 g/mol. The standard InChI is InChI=1S/C11H14N5O.CH4/c1-14-7-8-15(2)11(14)17-16-10-6-4-3-5-9(10)12-13-16;/h3-6H,7-8H2,1-2H3;1H4/q+1;. The fourth-order valence-electron chi connectivity index (χ4n) is 1.91. The normalized spacial score (nSPS) is 15.1. The van der Waals surface area contributed by atoms with Crippen molar-refractivity contribution in [3.8, 4) is 0 Å². The van der Waals surface area contributed by atoms with Crippen molar-refractivity contribution < 1.29 is 9.41 Å². The molecular weight excluding hydrogens is 230 g/mol. The fraction of sp³-hybridized carbons (Fsp3) is 0.417. The van der Waals surface area contributed by atoms with Gasteiger partial charge in [-0.25, -0.2) is 9.48 Å². The Balaban J connectivity index is 0.00000120. The van der Waals surface area contributed by atoms with Crippen LogP contribution in [0.2, 0.25) is 0 Å². The molecule has 1 aliphatic heterocycles. The second-order valence-corrected chi connectivity index (χ2v) is 4.17. The molecule has 6 nitrogen and oxygen atoms in total. The molecular formula is C12H18N5O+. The summed E-state index contributed by atoms with van der Waals surface area (Å²) in [6.45, 7) is 1.91. The number of nitrogens with zero attached hydrogens (tertiary/aromatic N) is 5.